The van der Waals surface area contributed by atoms with E-state index in [2.05, 4.69) is 5.92 Å². The van der Waals surface area contributed by atoms with Crippen molar-refractivity contribution >= 4 is 51.4 Å². The summed E-state index contributed by atoms with van der Waals surface area (Å²) >= 11 is 7.21. The van der Waals surface area contributed by atoms with Crippen LogP contribution in [0.15, 0.2) is 59.5 Å². The molecule has 1 heterocycles. The second-order valence-corrected chi connectivity index (χ2v) is 8.33. The average Bonchev–Trinajstić information content (AvgIpc) is 3.05. The third kappa shape index (κ3) is 4.31. The Kier molecular flexibility index (Phi) is 6.40. The van der Waals surface area contributed by atoms with Crippen LogP contribution in [0.1, 0.15) is 11.1 Å². The molecule has 32 heavy (non-hydrogen) atoms. The maximum atomic E-state index is 13.0. The molecule has 1 saturated heterocycles. The third-order valence-corrected chi connectivity index (χ3v) is 6.12. The smallest absolute Gasteiger partial charge is 0.293 e. The molecule has 0 unspecified atom stereocenters. The van der Waals surface area contributed by atoms with Crippen molar-refractivity contribution in [2.24, 2.45) is 0 Å². The van der Waals surface area contributed by atoms with Crippen LogP contribution < -0.4 is 9.47 Å². The van der Waals surface area contributed by atoms with Gasteiger partial charge in [0.25, 0.3) is 11.1 Å². The molecule has 0 radical (unpaired) electrons. The van der Waals surface area contributed by atoms with Gasteiger partial charge >= 0.3 is 0 Å². The van der Waals surface area contributed by atoms with E-state index in [1.54, 1.807) is 18.2 Å². The summed E-state index contributed by atoms with van der Waals surface area (Å²) in [5.41, 5.74) is 1.52. The minimum atomic E-state index is -0.351. The van der Waals surface area contributed by atoms with Gasteiger partial charge in [-0.15, -0.1) is 6.42 Å². The molecule has 1 aliphatic heterocycles. The Labute approximate surface area is 194 Å². The van der Waals surface area contributed by atoms with Crippen molar-refractivity contribution in [1.29, 1.82) is 0 Å². The summed E-state index contributed by atoms with van der Waals surface area (Å²) in [4.78, 5) is 27.2. The molecule has 3 aromatic carbocycles. The zero-order valence-electron chi connectivity index (χ0n) is 17.1. The highest BCUT2D eigenvalue weighted by molar-refractivity contribution is 8.18. The highest BCUT2D eigenvalue weighted by Crippen LogP contribution is 2.39. The van der Waals surface area contributed by atoms with Crippen LogP contribution in [0.3, 0.4) is 0 Å². The van der Waals surface area contributed by atoms with E-state index < -0.39 is 0 Å². The predicted molar refractivity (Wildman–Crippen MR) is 128 cm³/mol. The van der Waals surface area contributed by atoms with E-state index in [0.717, 1.165) is 28.1 Å². The second-order valence-electron chi connectivity index (χ2n) is 6.93. The number of thioether (sulfide) groups is 1. The van der Waals surface area contributed by atoms with Gasteiger partial charge in [0.15, 0.2) is 11.5 Å². The fraction of sp³-hybridized carbons (Fsp3) is 0.120. The SMILES string of the molecule is C#CCOc1c(Cl)cc(/C=C2\SC(=O)N(Cc3cccc4ccccc34)C2=O)cc1OC. The number of imide groups is 1. The van der Waals surface area contributed by atoms with Crippen LogP contribution in [0, 0.1) is 12.3 Å². The number of methoxy groups -OCH3 is 1. The van der Waals surface area contributed by atoms with E-state index in [0.29, 0.717) is 27.0 Å². The second kappa shape index (κ2) is 9.39. The highest BCUT2D eigenvalue weighted by atomic mass is 35.5. The minimum Gasteiger partial charge on any atom is -0.493 e. The van der Waals surface area contributed by atoms with Gasteiger partial charge in [0, 0.05) is 0 Å². The summed E-state index contributed by atoms with van der Waals surface area (Å²) in [6.45, 7) is 0.245. The van der Waals surface area contributed by atoms with E-state index in [-0.39, 0.29) is 24.3 Å². The molecule has 7 heteroatoms. The van der Waals surface area contributed by atoms with Crippen LogP contribution in [0.4, 0.5) is 4.79 Å². The van der Waals surface area contributed by atoms with Gasteiger partial charge < -0.3 is 9.47 Å². The molecule has 3 aromatic rings. The van der Waals surface area contributed by atoms with Crippen molar-refractivity contribution in [3.8, 4) is 23.8 Å². The van der Waals surface area contributed by atoms with Gasteiger partial charge in [-0.05, 0) is 51.9 Å². The molecule has 0 aliphatic carbocycles. The zero-order chi connectivity index (χ0) is 22.7. The summed E-state index contributed by atoms with van der Waals surface area (Å²) in [5.74, 6) is 2.73. The molecule has 4 rings (SSSR count). The number of ether oxygens (including phenoxy) is 2. The number of benzene rings is 3. The van der Waals surface area contributed by atoms with Crippen LogP contribution in [0.25, 0.3) is 16.8 Å². The number of amides is 2. The molecule has 1 aliphatic rings. The Balaban J connectivity index is 1.61. The number of hydrogen-bond acceptors (Lipinski definition) is 5. The first-order chi connectivity index (χ1) is 15.5. The number of hydrogen-bond donors (Lipinski definition) is 0. The number of carbonyl (C=O) groups excluding carboxylic acids is 2. The average molecular weight is 464 g/mol. The van der Waals surface area contributed by atoms with Gasteiger partial charge in [-0.2, -0.15) is 0 Å². The Bertz CT molecular complexity index is 1290. The number of halogens is 1. The molecule has 0 N–H and O–H groups in total. The minimum absolute atomic E-state index is 0.0441. The molecule has 0 saturated carbocycles. The molecular formula is C25H18ClNO4S. The molecule has 2 amide bonds. The normalized spacial score (nSPS) is 14.8. The lowest BCUT2D eigenvalue weighted by atomic mass is 10.0. The van der Waals surface area contributed by atoms with Crippen molar-refractivity contribution in [2.75, 3.05) is 13.7 Å². The molecule has 0 bridgehead atoms. The first-order valence-electron chi connectivity index (χ1n) is 9.67. The van der Waals surface area contributed by atoms with E-state index >= 15 is 0 Å². The number of terminal acetylenes is 1. The molecule has 0 atom stereocenters. The van der Waals surface area contributed by atoms with Crippen molar-refractivity contribution in [2.45, 2.75) is 6.54 Å². The van der Waals surface area contributed by atoms with E-state index in [1.807, 2.05) is 42.5 Å². The summed E-state index contributed by atoms with van der Waals surface area (Å²) in [7, 11) is 1.48. The Morgan fingerprint density at radius 2 is 1.94 bits per heavy atom. The predicted octanol–water partition coefficient (Wildman–Crippen LogP) is 5.75. The lowest BCUT2D eigenvalue weighted by Crippen LogP contribution is -2.27. The number of rotatable bonds is 6. The summed E-state index contributed by atoms with van der Waals surface area (Å²) in [6.07, 6.45) is 6.86. The van der Waals surface area contributed by atoms with Crippen LogP contribution in [-0.2, 0) is 11.3 Å². The monoisotopic (exact) mass is 463 g/mol. The largest absolute Gasteiger partial charge is 0.493 e. The molecule has 0 spiro atoms. The molecule has 0 aromatic heterocycles. The van der Waals surface area contributed by atoms with Crippen LogP contribution >= 0.6 is 23.4 Å². The Hall–Kier alpha value is -3.40. The summed E-state index contributed by atoms with van der Waals surface area (Å²) < 4.78 is 10.8. The van der Waals surface area contributed by atoms with Crippen molar-refractivity contribution < 1.29 is 19.1 Å². The first kappa shape index (κ1) is 21.8. The molecular weight excluding hydrogens is 446 g/mol. The van der Waals surface area contributed by atoms with Gasteiger partial charge in [0.1, 0.15) is 6.61 Å². The number of nitrogens with zero attached hydrogens (tertiary/aromatic N) is 1. The van der Waals surface area contributed by atoms with Crippen molar-refractivity contribution in [3.05, 3.63) is 75.7 Å². The van der Waals surface area contributed by atoms with Gasteiger partial charge in [-0.1, -0.05) is 60.0 Å². The lowest BCUT2D eigenvalue weighted by Gasteiger charge is -2.14. The molecule has 1 fully saturated rings. The van der Waals surface area contributed by atoms with E-state index in [4.69, 9.17) is 27.5 Å². The zero-order valence-corrected chi connectivity index (χ0v) is 18.7. The Morgan fingerprint density at radius 3 is 2.72 bits per heavy atom. The molecule has 5 nitrogen and oxygen atoms in total. The Morgan fingerprint density at radius 1 is 1.16 bits per heavy atom. The summed E-state index contributed by atoms with van der Waals surface area (Å²) in [5, 5.41) is 2.04. The van der Waals surface area contributed by atoms with Gasteiger partial charge in [0.2, 0.25) is 0 Å². The number of carbonyl (C=O) groups is 2. The fourth-order valence-corrected chi connectivity index (χ4v) is 4.58. The van der Waals surface area contributed by atoms with Crippen LogP contribution in [0.2, 0.25) is 5.02 Å². The van der Waals surface area contributed by atoms with E-state index in [9.17, 15) is 9.59 Å². The maximum absolute atomic E-state index is 13.0. The maximum Gasteiger partial charge on any atom is 0.293 e. The summed E-state index contributed by atoms with van der Waals surface area (Å²) in [6, 6.07) is 17.0. The van der Waals surface area contributed by atoms with Crippen LogP contribution in [-0.4, -0.2) is 29.8 Å². The van der Waals surface area contributed by atoms with Crippen molar-refractivity contribution in [3.63, 3.8) is 0 Å². The fourth-order valence-electron chi connectivity index (χ4n) is 3.47. The topological polar surface area (TPSA) is 55.8 Å². The van der Waals surface area contributed by atoms with Gasteiger partial charge in [-0.3, -0.25) is 14.5 Å². The van der Waals surface area contributed by atoms with E-state index in [1.165, 1.54) is 12.0 Å². The van der Waals surface area contributed by atoms with Crippen LogP contribution in [0.5, 0.6) is 11.5 Å². The van der Waals surface area contributed by atoms with Gasteiger partial charge in [-0.25, -0.2) is 0 Å². The standard InChI is InChI=1S/C25H18ClNO4S/c1-3-11-31-23-20(26)12-16(13-21(23)30-2)14-22-24(28)27(25(29)32-22)15-18-9-6-8-17-7-4-5-10-19(17)18/h1,4-10,12-14H,11,15H2,2H3/b22-14-. The highest BCUT2D eigenvalue weighted by Gasteiger charge is 2.35. The quantitative estimate of drug-likeness (QED) is 0.344. The van der Waals surface area contributed by atoms with Gasteiger partial charge in [0.05, 0.1) is 23.6 Å². The first-order valence-corrected chi connectivity index (χ1v) is 10.9. The third-order valence-electron chi connectivity index (χ3n) is 4.93. The van der Waals surface area contributed by atoms with Crippen molar-refractivity contribution in [1.82, 2.24) is 4.90 Å². The number of fused-ring (bicyclic) bond motifs is 1. The molecule has 160 valence electrons. The lowest BCUT2D eigenvalue weighted by molar-refractivity contribution is -0.123.